The summed E-state index contributed by atoms with van der Waals surface area (Å²) in [7, 11) is 1.75. The molecule has 2 nitrogen and oxygen atoms in total. The van der Waals surface area contributed by atoms with Crippen molar-refractivity contribution in [1.82, 2.24) is 0 Å². The van der Waals surface area contributed by atoms with Crippen molar-refractivity contribution in [1.29, 1.82) is 0 Å². The van der Waals surface area contributed by atoms with Gasteiger partial charge in [-0.2, -0.15) is 8.78 Å². The Morgan fingerprint density at radius 1 is 0.931 bits per heavy atom. The van der Waals surface area contributed by atoms with E-state index in [-0.39, 0.29) is 5.75 Å². The highest BCUT2D eigenvalue weighted by molar-refractivity contribution is 5.27. The summed E-state index contributed by atoms with van der Waals surface area (Å²) in [5.41, 5.74) is 1.22. The molecule has 0 N–H and O–H groups in total. The van der Waals surface area contributed by atoms with Gasteiger partial charge in [0.1, 0.15) is 5.75 Å². The van der Waals surface area contributed by atoms with E-state index in [1.165, 1.54) is 63.4 Å². The van der Waals surface area contributed by atoms with Crippen LogP contribution in [0.1, 0.15) is 63.4 Å². The molecule has 2 saturated carbocycles. The van der Waals surface area contributed by atoms with Gasteiger partial charge in [0.2, 0.25) is 0 Å². The smallest absolute Gasteiger partial charge is 0.387 e. The first-order chi connectivity index (χ1) is 14.1. The molecule has 0 aliphatic heterocycles. The molecule has 2 aliphatic carbocycles. The summed E-state index contributed by atoms with van der Waals surface area (Å²) in [5.74, 6) is 3.69. The van der Waals surface area contributed by atoms with Crippen molar-refractivity contribution >= 4 is 0 Å². The molecule has 0 bridgehead atoms. The highest BCUT2D eigenvalue weighted by Gasteiger charge is 2.30. The van der Waals surface area contributed by atoms with Crippen molar-refractivity contribution in [2.45, 2.75) is 70.8 Å². The SMILES string of the molecule is COCC=C[C@H]1CC[C@H]([C@H]2CC[C@H](CCc3ccc(OC(F)F)cc3)CC2)CC1. The monoisotopic (exact) mass is 406 g/mol. The number of hydrogen-bond donors (Lipinski definition) is 0. The average Bonchev–Trinajstić information content (AvgIpc) is 2.74. The molecular weight excluding hydrogens is 370 g/mol. The summed E-state index contributed by atoms with van der Waals surface area (Å²) in [6, 6.07) is 7.14. The van der Waals surface area contributed by atoms with Gasteiger partial charge >= 0.3 is 6.61 Å². The lowest BCUT2D eigenvalue weighted by Gasteiger charge is -2.37. The Hall–Kier alpha value is -1.42. The highest BCUT2D eigenvalue weighted by atomic mass is 19.3. The zero-order valence-electron chi connectivity index (χ0n) is 17.7. The maximum absolute atomic E-state index is 12.2. The van der Waals surface area contributed by atoms with E-state index in [2.05, 4.69) is 16.9 Å². The van der Waals surface area contributed by atoms with Crippen LogP contribution in [0.3, 0.4) is 0 Å². The van der Waals surface area contributed by atoms with E-state index in [9.17, 15) is 8.78 Å². The van der Waals surface area contributed by atoms with Gasteiger partial charge in [-0.15, -0.1) is 0 Å². The number of aryl methyl sites for hydroxylation is 1. The molecule has 1 aromatic rings. The van der Waals surface area contributed by atoms with Crippen LogP contribution < -0.4 is 4.74 Å². The summed E-state index contributed by atoms with van der Waals surface area (Å²) in [5, 5.41) is 0. The lowest BCUT2D eigenvalue weighted by atomic mass is 9.68. The normalized spacial score (nSPS) is 28.1. The molecule has 0 saturated heterocycles. The maximum Gasteiger partial charge on any atom is 0.387 e. The van der Waals surface area contributed by atoms with E-state index in [4.69, 9.17) is 4.74 Å². The van der Waals surface area contributed by atoms with Gasteiger partial charge in [0, 0.05) is 7.11 Å². The predicted molar refractivity (Wildman–Crippen MR) is 113 cm³/mol. The molecule has 0 spiro atoms. The number of hydrogen-bond acceptors (Lipinski definition) is 2. The van der Waals surface area contributed by atoms with Crippen molar-refractivity contribution in [3.63, 3.8) is 0 Å². The Morgan fingerprint density at radius 2 is 1.55 bits per heavy atom. The van der Waals surface area contributed by atoms with Crippen LogP contribution in [0, 0.1) is 23.7 Å². The van der Waals surface area contributed by atoms with Crippen molar-refractivity contribution in [3.05, 3.63) is 42.0 Å². The van der Waals surface area contributed by atoms with Crippen molar-refractivity contribution in [2.24, 2.45) is 23.7 Å². The van der Waals surface area contributed by atoms with Crippen molar-refractivity contribution in [3.8, 4) is 5.75 Å². The first kappa shape index (κ1) is 22.3. The molecule has 0 heterocycles. The third-order valence-corrected chi connectivity index (χ3v) is 7.04. The van der Waals surface area contributed by atoms with Crippen LogP contribution in [0.4, 0.5) is 8.78 Å². The number of ether oxygens (including phenoxy) is 2. The van der Waals surface area contributed by atoms with Crippen LogP contribution in [-0.4, -0.2) is 20.3 Å². The molecule has 0 radical (unpaired) electrons. The predicted octanol–water partition coefficient (Wildman–Crippen LogP) is 7.04. The van der Waals surface area contributed by atoms with Gasteiger partial charge in [0.15, 0.2) is 0 Å². The second-order valence-electron chi connectivity index (χ2n) is 8.90. The second kappa shape index (κ2) is 11.7. The molecule has 4 heteroatoms. The summed E-state index contributed by atoms with van der Waals surface area (Å²) in [6.07, 6.45) is 17.7. The number of rotatable bonds is 9. The zero-order chi connectivity index (χ0) is 20.5. The number of benzene rings is 1. The Kier molecular flexibility index (Phi) is 8.97. The van der Waals surface area contributed by atoms with Gasteiger partial charge < -0.3 is 9.47 Å². The van der Waals surface area contributed by atoms with Crippen LogP contribution in [-0.2, 0) is 11.2 Å². The first-order valence-corrected chi connectivity index (χ1v) is 11.3. The van der Waals surface area contributed by atoms with Gasteiger partial charge in [-0.25, -0.2) is 0 Å². The van der Waals surface area contributed by atoms with E-state index in [1.807, 2.05) is 12.1 Å². The standard InChI is InChI=1S/C25H36F2O2/c1-28-18-2-3-19-6-12-22(13-7-19)23-14-8-20(9-15-23)4-5-21-10-16-24(17-11-21)29-25(26)27/h2-3,10-11,16-17,19-20,22-23,25H,4-9,12-15,18H2,1H3/t19-,20-,22-,23-. The van der Waals surface area contributed by atoms with Gasteiger partial charge in [0.25, 0.3) is 0 Å². The van der Waals surface area contributed by atoms with Gasteiger partial charge in [0.05, 0.1) is 6.61 Å². The average molecular weight is 407 g/mol. The molecule has 2 fully saturated rings. The van der Waals surface area contributed by atoms with Crippen LogP contribution in [0.5, 0.6) is 5.75 Å². The van der Waals surface area contributed by atoms with E-state index in [0.29, 0.717) is 0 Å². The fourth-order valence-corrected chi connectivity index (χ4v) is 5.31. The molecule has 0 atom stereocenters. The first-order valence-electron chi connectivity index (χ1n) is 11.3. The lowest BCUT2D eigenvalue weighted by Crippen LogP contribution is -2.25. The lowest BCUT2D eigenvalue weighted by molar-refractivity contribution is -0.0498. The molecule has 0 aromatic heterocycles. The molecule has 0 amide bonds. The minimum atomic E-state index is -2.75. The molecule has 3 rings (SSSR count). The molecule has 2 aliphatic rings. The van der Waals surface area contributed by atoms with Crippen molar-refractivity contribution < 1.29 is 18.3 Å². The fourth-order valence-electron chi connectivity index (χ4n) is 5.31. The summed E-state index contributed by atoms with van der Waals surface area (Å²) >= 11 is 0. The maximum atomic E-state index is 12.2. The molecule has 29 heavy (non-hydrogen) atoms. The Morgan fingerprint density at radius 3 is 2.14 bits per heavy atom. The third kappa shape index (κ3) is 7.40. The van der Waals surface area contributed by atoms with Crippen LogP contribution >= 0.6 is 0 Å². The fraction of sp³-hybridized carbons (Fsp3) is 0.680. The van der Waals surface area contributed by atoms with Gasteiger partial charge in [-0.1, -0.05) is 37.1 Å². The highest BCUT2D eigenvalue weighted by Crippen LogP contribution is 2.42. The second-order valence-corrected chi connectivity index (χ2v) is 8.90. The topological polar surface area (TPSA) is 18.5 Å². The van der Waals surface area contributed by atoms with Crippen LogP contribution in [0.2, 0.25) is 0 Å². The summed E-state index contributed by atoms with van der Waals surface area (Å²) < 4.78 is 34.0. The number of methoxy groups -OCH3 is 1. The molecule has 162 valence electrons. The van der Waals surface area contributed by atoms with E-state index in [0.717, 1.165) is 36.7 Å². The van der Waals surface area contributed by atoms with Gasteiger partial charge in [-0.3, -0.25) is 0 Å². The minimum absolute atomic E-state index is 0.244. The molecule has 1 aromatic carbocycles. The van der Waals surface area contributed by atoms with Crippen molar-refractivity contribution in [2.75, 3.05) is 13.7 Å². The van der Waals surface area contributed by atoms with Crippen LogP contribution in [0.15, 0.2) is 36.4 Å². The number of alkyl halides is 2. The quantitative estimate of drug-likeness (QED) is 0.410. The number of halogens is 2. The molecular formula is C25H36F2O2. The largest absolute Gasteiger partial charge is 0.435 e. The summed E-state index contributed by atoms with van der Waals surface area (Å²) in [6.45, 7) is -2.02. The third-order valence-electron chi connectivity index (χ3n) is 7.04. The Balaban J connectivity index is 1.33. The Bertz CT molecular complexity index is 598. The van der Waals surface area contributed by atoms with Crippen LogP contribution in [0.25, 0.3) is 0 Å². The summed E-state index contributed by atoms with van der Waals surface area (Å²) in [4.78, 5) is 0. The van der Waals surface area contributed by atoms with Gasteiger partial charge in [-0.05, 0) is 92.7 Å². The Labute approximate surface area is 174 Å². The zero-order valence-corrected chi connectivity index (χ0v) is 17.7. The number of allylic oxidation sites excluding steroid dienone is 1. The molecule has 0 unspecified atom stereocenters. The minimum Gasteiger partial charge on any atom is -0.435 e. The van der Waals surface area contributed by atoms with E-state index < -0.39 is 6.61 Å². The van der Waals surface area contributed by atoms with E-state index >= 15 is 0 Å². The van der Waals surface area contributed by atoms with E-state index in [1.54, 1.807) is 19.2 Å².